The number of aryl methyl sites for hydroxylation is 2. The van der Waals surface area contributed by atoms with Crippen LogP contribution in [-0.4, -0.2) is 56.9 Å². The van der Waals surface area contributed by atoms with Crippen molar-refractivity contribution in [2.24, 2.45) is 13.0 Å². The summed E-state index contributed by atoms with van der Waals surface area (Å²) in [6.07, 6.45) is 11.6. The number of halogens is 2. The molecule has 210 valence electrons. The Bertz CT molecular complexity index is 1610. The van der Waals surface area contributed by atoms with Crippen molar-refractivity contribution in [1.29, 1.82) is 0 Å². The Morgan fingerprint density at radius 1 is 1.07 bits per heavy atom. The average Bonchev–Trinajstić information content (AvgIpc) is 3.84. The van der Waals surface area contributed by atoms with Crippen molar-refractivity contribution in [3.63, 3.8) is 0 Å². The minimum absolute atomic E-state index is 0.0877. The van der Waals surface area contributed by atoms with Crippen molar-refractivity contribution in [3.05, 3.63) is 47.5 Å². The summed E-state index contributed by atoms with van der Waals surface area (Å²) in [4.78, 5) is 20.0. The maximum Gasteiger partial charge on any atom is 0.261 e. The van der Waals surface area contributed by atoms with Gasteiger partial charge in [-0.05, 0) is 57.4 Å². The molecule has 0 spiro atoms. The molecule has 0 radical (unpaired) electrons. The Hall–Kier alpha value is -3.73. The van der Waals surface area contributed by atoms with E-state index in [0.717, 1.165) is 44.5 Å². The minimum atomic E-state index is -0.716. The van der Waals surface area contributed by atoms with Crippen molar-refractivity contribution in [2.75, 3.05) is 29.9 Å². The number of hydrogen-bond donors (Lipinski definition) is 2. The molecular weight excluding hydrogens is 516 g/mol. The Kier molecular flexibility index (Phi) is 6.14. The number of pyridine rings is 1. The lowest BCUT2D eigenvalue weighted by Gasteiger charge is -2.34. The van der Waals surface area contributed by atoms with E-state index in [2.05, 4.69) is 25.6 Å². The maximum atomic E-state index is 15.8. The lowest BCUT2D eigenvalue weighted by Crippen LogP contribution is -2.43. The third-order valence-electron chi connectivity index (χ3n) is 8.13. The molecule has 1 aromatic carbocycles. The summed E-state index contributed by atoms with van der Waals surface area (Å²) < 4.78 is 40.2. The molecule has 1 aliphatic heterocycles. The van der Waals surface area contributed by atoms with Crippen molar-refractivity contribution < 1.29 is 18.3 Å². The van der Waals surface area contributed by atoms with Gasteiger partial charge >= 0.3 is 0 Å². The summed E-state index contributed by atoms with van der Waals surface area (Å²) in [7, 11) is 1.75. The SMILES string of the molecule is Cc1cn2cc(NC(=O)c3c(F)cc(N4CCC(NC5CC5)CC4)c4cn(C)nc34)c(OCC3CC3)c(F)c2n1. The van der Waals surface area contributed by atoms with Crippen LogP contribution in [-0.2, 0) is 7.05 Å². The Morgan fingerprint density at radius 2 is 1.82 bits per heavy atom. The molecule has 3 aliphatic rings. The number of carbonyl (C=O) groups excluding carboxylic acids is 1. The second kappa shape index (κ2) is 9.72. The van der Waals surface area contributed by atoms with Crippen LogP contribution >= 0.6 is 0 Å². The predicted octanol–water partition coefficient (Wildman–Crippen LogP) is 4.57. The van der Waals surface area contributed by atoms with Gasteiger partial charge in [-0.1, -0.05) is 0 Å². The number of amides is 1. The number of carbonyl (C=O) groups is 1. The molecule has 2 aliphatic carbocycles. The number of benzene rings is 1. The first kappa shape index (κ1) is 25.3. The van der Waals surface area contributed by atoms with E-state index in [1.165, 1.54) is 23.3 Å². The topological polar surface area (TPSA) is 88.7 Å². The van der Waals surface area contributed by atoms with Crippen LogP contribution < -0.4 is 20.3 Å². The van der Waals surface area contributed by atoms with Gasteiger partial charge in [0, 0.05) is 56.2 Å². The average molecular weight is 550 g/mol. The van der Waals surface area contributed by atoms with E-state index in [1.807, 2.05) is 6.20 Å². The third kappa shape index (κ3) is 4.76. The number of fused-ring (bicyclic) bond motifs is 2. The summed E-state index contributed by atoms with van der Waals surface area (Å²) >= 11 is 0. The predicted molar refractivity (Wildman–Crippen MR) is 148 cm³/mol. The molecule has 7 rings (SSSR count). The zero-order chi connectivity index (χ0) is 27.5. The van der Waals surface area contributed by atoms with E-state index < -0.39 is 17.5 Å². The van der Waals surface area contributed by atoms with Gasteiger partial charge < -0.3 is 24.7 Å². The Balaban J connectivity index is 1.20. The van der Waals surface area contributed by atoms with Crippen LogP contribution in [0.15, 0.2) is 24.7 Å². The molecule has 3 aromatic heterocycles. The molecule has 1 amide bonds. The van der Waals surface area contributed by atoms with Crippen molar-refractivity contribution >= 4 is 33.8 Å². The molecule has 40 heavy (non-hydrogen) atoms. The first-order chi connectivity index (χ1) is 19.3. The maximum absolute atomic E-state index is 15.8. The lowest BCUT2D eigenvalue weighted by atomic mass is 10.0. The molecule has 2 N–H and O–H groups in total. The standard InChI is InChI=1S/C29H33F2N7O2/c1-16-12-38-14-22(27(25(31)28(38)32-16)40-15-17-3-4-17)34-29(39)24-21(30)11-23(20-13-36(2)35-26(20)24)37-9-7-19(8-10-37)33-18-5-6-18/h11-14,17-19,33H,3-10,15H2,1-2H3,(H,34,39). The molecule has 0 bridgehead atoms. The summed E-state index contributed by atoms with van der Waals surface area (Å²) in [5, 5.41) is 11.6. The number of piperidine rings is 1. The number of ether oxygens (including phenoxy) is 1. The molecule has 11 heteroatoms. The molecular formula is C29H33F2N7O2. The normalized spacial score (nSPS) is 18.1. The van der Waals surface area contributed by atoms with Gasteiger partial charge in [-0.3, -0.25) is 9.48 Å². The van der Waals surface area contributed by atoms with Crippen LogP contribution in [0, 0.1) is 24.5 Å². The van der Waals surface area contributed by atoms with Gasteiger partial charge in [0.1, 0.15) is 22.6 Å². The Labute approximate surface area is 230 Å². The second-order valence-corrected chi connectivity index (χ2v) is 11.5. The van der Waals surface area contributed by atoms with Gasteiger partial charge in [0.25, 0.3) is 5.91 Å². The minimum Gasteiger partial charge on any atom is -0.488 e. The summed E-state index contributed by atoms with van der Waals surface area (Å²) in [5.41, 5.74) is 1.68. The smallest absolute Gasteiger partial charge is 0.261 e. The van der Waals surface area contributed by atoms with E-state index in [-0.39, 0.29) is 28.2 Å². The van der Waals surface area contributed by atoms with E-state index in [1.54, 1.807) is 31.0 Å². The summed E-state index contributed by atoms with van der Waals surface area (Å²) in [6, 6.07) is 2.57. The highest BCUT2D eigenvalue weighted by Gasteiger charge is 2.30. The van der Waals surface area contributed by atoms with Crippen molar-refractivity contribution in [1.82, 2.24) is 24.5 Å². The number of aromatic nitrogens is 4. The van der Waals surface area contributed by atoms with E-state index in [0.29, 0.717) is 35.7 Å². The monoisotopic (exact) mass is 549 g/mol. The fourth-order valence-corrected chi connectivity index (χ4v) is 5.69. The molecule has 1 saturated heterocycles. The molecule has 3 fully saturated rings. The molecule has 4 aromatic rings. The first-order valence-corrected chi connectivity index (χ1v) is 14.1. The number of imidazole rings is 1. The number of nitrogens with zero attached hydrogens (tertiary/aromatic N) is 5. The van der Waals surface area contributed by atoms with Gasteiger partial charge in [-0.2, -0.15) is 9.49 Å². The largest absolute Gasteiger partial charge is 0.488 e. The zero-order valence-corrected chi connectivity index (χ0v) is 22.7. The lowest BCUT2D eigenvalue weighted by molar-refractivity contribution is 0.102. The van der Waals surface area contributed by atoms with Gasteiger partial charge in [-0.15, -0.1) is 0 Å². The van der Waals surface area contributed by atoms with Crippen LogP contribution in [0.3, 0.4) is 0 Å². The fourth-order valence-electron chi connectivity index (χ4n) is 5.69. The molecule has 2 saturated carbocycles. The van der Waals surface area contributed by atoms with Crippen LogP contribution in [0.4, 0.5) is 20.2 Å². The molecule has 0 unspecified atom stereocenters. The highest BCUT2D eigenvalue weighted by atomic mass is 19.1. The molecule has 4 heterocycles. The van der Waals surface area contributed by atoms with Gasteiger partial charge in [0.05, 0.1) is 18.0 Å². The van der Waals surface area contributed by atoms with Gasteiger partial charge in [-0.25, -0.2) is 9.37 Å². The van der Waals surface area contributed by atoms with Crippen LogP contribution in [0.5, 0.6) is 5.75 Å². The number of hydrogen-bond acceptors (Lipinski definition) is 6. The summed E-state index contributed by atoms with van der Waals surface area (Å²) in [5.74, 6) is -1.77. The van der Waals surface area contributed by atoms with E-state index in [4.69, 9.17) is 4.74 Å². The van der Waals surface area contributed by atoms with Gasteiger partial charge in [0.15, 0.2) is 11.4 Å². The highest BCUT2D eigenvalue weighted by molar-refractivity contribution is 6.14. The van der Waals surface area contributed by atoms with Crippen LogP contribution in [0.2, 0.25) is 0 Å². The first-order valence-electron chi connectivity index (χ1n) is 14.1. The second-order valence-electron chi connectivity index (χ2n) is 11.5. The summed E-state index contributed by atoms with van der Waals surface area (Å²) in [6.45, 7) is 3.70. The zero-order valence-electron chi connectivity index (χ0n) is 22.7. The third-order valence-corrected chi connectivity index (χ3v) is 8.13. The van der Waals surface area contributed by atoms with E-state index in [9.17, 15) is 4.79 Å². The molecule has 0 atom stereocenters. The van der Waals surface area contributed by atoms with E-state index >= 15 is 8.78 Å². The van der Waals surface area contributed by atoms with Crippen LogP contribution in [0.1, 0.15) is 54.6 Å². The quantitative estimate of drug-likeness (QED) is 0.335. The number of anilines is 2. The van der Waals surface area contributed by atoms with Gasteiger partial charge in [0.2, 0.25) is 5.82 Å². The fraction of sp³-hybridized carbons (Fsp3) is 0.483. The number of nitrogens with one attached hydrogen (secondary N) is 2. The Morgan fingerprint density at radius 3 is 2.55 bits per heavy atom. The number of rotatable bonds is 8. The highest BCUT2D eigenvalue weighted by Crippen LogP contribution is 2.37. The van der Waals surface area contributed by atoms with Crippen molar-refractivity contribution in [3.8, 4) is 5.75 Å². The molecule has 9 nitrogen and oxygen atoms in total. The van der Waals surface area contributed by atoms with Crippen LogP contribution in [0.25, 0.3) is 16.6 Å². The van der Waals surface area contributed by atoms with Crippen molar-refractivity contribution in [2.45, 2.75) is 57.5 Å².